The number of hydrogen-bond acceptors (Lipinski definition) is 4. The highest BCUT2D eigenvalue weighted by Gasteiger charge is 2.22. The lowest BCUT2D eigenvalue weighted by Gasteiger charge is -2.32. The molecule has 2 aromatic heterocycles. The number of likely N-dealkylation sites (N-methyl/N-ethyl adjacent to an activating group) is 1. The van der Waals surface area contributed by atoms with E-state index in [0.717, 1.165) is 68.3 Å². The van der Waals surface area contributed by atoms with E-state index in [1.807, 2.05) is 23.2 Å². The van der Waals surface area contributed by atoms with Crippen molar-refractivity contribution in [2.24, 2.45) is 5.92 Å². The molecule has 1 aliphatic heterocycles. The van der Waals surface area contributed by atoms with Gasteiger partial charge in [-0.25, -0.2) is 4.98 Å². The fourth-order valence-electron chi connectivity index (χ4n) is 3.60. The van der Waals surface area contributed by atoms with Crippen LogP contribution in [0, 0.1) is 5.92 Å². The van der Waals surface area contributed by atoms with Crippen molar-refractivity contribution < 1.29 is 4.79 Å². The number of nitrogens with zero attached hydrogens (tertiary/aromatic N) is 5. The third kappa shape index (κ3) is 4.26. The number of amides is 1. The molecule has 1 fully saturated rings. The zero-order chi connectivity index (χ0) is 19.6. The standard InChI is InChI=1S/C21H33N5O/c1-6-18-20(24(5)10-9-16(2)3)26-15-17(7-8-19(26)22-18)21(27)25-13-11-23(4)12-14-25/h7-8,15-16H,6,9-14H2,1-5H3. The maximum absolute atomic E-state index is 13.0. The topological polar surface area (TPSA) is 44.1 Å². The third-order valence-corrected chi connectivity index (χ3v) is 5.44. The summed E-state index contributed by atoms with van der Waals surface area (Å²) >= 11 is 0. The lowest BCUT2D eigenvalue weighted by Crippen LogP contribution is -2.47. The van der Waals surface area contributed by atoms with Crippen molar-refractivity contribution in [1.82, 2.24) is 19.2 Å². The number of fused-ring (bicyclic) bond motifs is 1. The number of carbonyl (C=O) groups excluding carboxylic acids is 1. The molecule has 2 aromatic rings. The van der Waals surface area contributed by atoms with Gasteiger partial charge in [0.15, 0.2) is 0 Å². The van der Waals surface area contributed by atoms with Gasteiger partial charge in [0.1, 0.15) is 11.5 Å². The van der Waals surface area contributed by atoms with Gasteiger partial charge in [-0.1, -0.05) is 20.8 Å². The summed E-state index contributed by atoms with van der Waals surface area (Å²) in [6.45, 7) is 11.1. The maximum Gasteiger partial charge on any atom is 0.255 e. The van der Waals surface area contributed by atoms with Crippen LogP contribution >= 0.6 is 0 Å². The van der Waals surface area contributed by atoms with E-state index in [4.69, 9.17) is 4.98 Å². The molecule has 3 rings (SSSR count). The van der Waals surface area contributed by atoms with Crippen LogP contribution in [0.4, 0.5) is 5.82 Å². The van der Waals surface area contributed by atoms with Crippen molar-refractivity contribution in [3.05, 3.63) is 29.6 Å². The number of imidazole rings is 1. The summed E-state index contributed by atoms with van der Waals surface area (Å²) in [6, 6.07) is 3.89. The maximum atomic E-state index is 13.0. The van der Waals surface area contributed by atoms with Gasteiger partial charge in [-0.2, -0.15) is 0 Å². The van der Waals surface area contributed by atoms with Crippen LogP contribution in [0.25, 0.3) is 5.65 Å². The summed E-state index contributed by atoms with van der Waals surface area (Å²) in [4.78, 5) is 24.3. The second-order valence-electron chi connectivity index (χ2n) is 8.08. The van der Waals surface area contributed by atoms with Gasteiger partial charge in [0.2, 0.25) is 0 Å². The molecule has 0 bridgehead atoms. The van der Waals surface area contributed by atoms with E-state index in [1.54, 1.807) is 0 Å². The van der Waals surface area contributed by atoms with E-state index in [0.29, 0.717) is 5.92 Å². The number of pyridine rings is 1. The molecular formula is C21H33N5O. The van der Waals surface area contributed by atoms with Gasteiger partial charge in [-0.3, -0.25) is 9.20 Å². The van der Waals surface area contributed by atoms with Gasteiger partial charge >= 0.3 is 0 Å². The summed E-state index contributed by atoms with van der Waals surface area (Å²) in [5.74, 6) is 1.89. The molecule has 3 heterocycles. The Hall–Kier alpha value is -2.08. The van der Waals surface area contributed by atoms with Crippen molar-refractivity contribution in [2.45, 2.75) is 33.6 Å². The van der Waals surface area contributed by atoms with Crippen LogP contribution in [-0.4, -0.2) is 71.9 Å². The molecule has 27 heavy (non-hydrogen) atoms. The molecule has 0 radical (unpaired) electrons. The normalized spacial score (nSPS) is 15.7. The summed E-state index contributed by atoms with van der Waals surface area (Å²) in [5, 5.41) is 0. The minimum atomic E-state index is 0.118. The molecule has 0 atom stereocenters. The zero-order valence-corrected chi connectivity index (χ0v) is 17.4. The minimum Gasteiger partial charge on any atom is -0.359 e. The first-order chi connectivity index (χ1) is 12.9. The number of aryl methyl sites for hydroxylation is 1. The van der Waals surface area contributed by atoms with Crippen molar-refractivity contribution in [2.75, 3.05) is 51.7 Å². The van der Waals surface area contributed by atoms with Crippen LogP contribution < -0.4 is 4.90 Å². The van der Waals surface area contributed by atoms with E-state index in [1.165, 1.54) is 0 Å². The SMILES string of the molecule is CCc1nc2ccc(C(=O)N3CCN(C)CC3)cn2c1N(C)CCC(C)C. The molecule has 1 saturated heterocycles. The minimum absolute atomic E-state index is 0.118. The summed E-state index contributed by atoms with van der Waals surface area (Å²) in [5.41, 5.74) is 2.74. The summed E-state index contributed by atoms with van der Waals surface area (Å²) < 4.78 is 2.10. The molecule has 1 amide bonds. The number of anilines is 1. The largest absolute Gasteiger partial charge is 0.359 e. The Kier molecular flexibility index (Phi) is 6.05. The van der Waals surface area contributed by atoms with Crippen LogP contribution in [0.1, 0.15) is 43.2 Å². The number of aromatic nitrogens is 2. The Morgan fingerprint density at radius 1 is 1.22 bits per heavy atom. The molecule has 0 aromatic carbocycles. The monoisotopic (exact) mass is 371 g/mol. The van der Waals surface area contributed by atoms with Gasteiger partial charge in [-0.05, 0) is 37.9 Å². The van der Waals surface area contributed by atoms with Gasteiger partial charge in [0.25, 0.3) is 5.91 Å². The molecule has 0 aliphatic carbocycles. The van der Waals surface area contributed by atoms with Crippen molar-refractivity contribution in [1.29, 1.82) is 0 Å². The molecule has 148 valence electrons. The van der Waals surface area contributed by atoms with Crippen LogP contribution in [0.5, 0.6) is 0 Å². The van der Waals surface area contributed by atoms with E-state index < -0.39 is 0 Å². The molecule has 0 spiro atoms. The van der Waals surface area contributed by atoms with Crippen molar-refractivity contribution >= 4 is 17.4 Å². The second kappa shape index (κ2) is 8.30. The summed E-state index contributed by atoms with van der Waals surface area (Å²) in [7, 11) is 4.23. The second-order valence-corrected chi connectivity index (χ2v) is 8.08. The predicted octanol–water partition coefficient (Wildman–Crippen LogP) is 2.77. The smallest absolute Gasteiger partial charge is 0.255 e. The number of carbonyl (C=O) groups is 1. The highest BCUT2D eigenvalue weighted by atomic mass is 16.2. The first-order valence-electron chi connectivity index (χ1n) is 10.1. The molecule has 1 aliphatic rings. The lowest BCUT2D eigenvalue weighted by molar-refractivity contribution is 0.0663. The molecule has 0 N–H and O–H groups in total. The fourth-order valence-corrected chi connectivity index (χ4v) is 3.60. The third-order valence-electron chi connectivity index (χ3n) is 5.44. The average molecular weight is 372 g/mol. The van der Waals surface area contributed by atoms with Gasteiger partial charge in [-0.15, -0.1) is 0 Å². The predicted molar refractivity (Wildman–Crippen MR) is 111 cm³/mol. The summed E-state index contributed by atoms with van der Waals surface area (Å²) in [6.07, 6.45) is 3.99. The van der Waals surface area contributed by atoms with Crippen LogP contribution in [0.2, 0.25) is 0 Å². The van der Waals surface area contributed by atoms with Crippen molar-refractivity contribution in [3.8, 4) is 0 Å². The Balaban J connectivity index is 1.91. The van der Waals surface area contributed by atoms with Crippen LogP contribution in [0.3, 0.4) is 0 Å². The lowest BCUT2D eigenvalue weighted by atomic mass is 10.1. The highest BCUT2D eigenvalue weighted by molar-refractivity contribution is 5.94. The first kappa shape index (κ1) is 19.7. The van der Waals surface area contributed by atoms with E-state index >= 15 is 0 Å². The molecular weight excluding hydrogens is 338 g/mol. The zero-order valence-electron chi connectivity index (χ0n) is 17.4. The van der Waals surface area contributed by atoms with Crippen LogP contribution in [-0.2, 0) is 6.42 Å². The van der Waals surface area contributed by atoms with E-state index in [9.17, 15) is 4.79 Å². The number of piperazine rings is 1. The Labute approximate surface area is 162 Å². The van der Waals surface area contributed by atoms with Gasteiger partial charge in [0, 0.05) is 46.0 Å². The fraction of sp³-hybridized carbons (Fsp3) is 0.619. The Morgan fingerprint density at radius 3 is 2.56 bits per heavy atom. The number of rotatable bonds is 6. The Morgan fingerprint density at radius 2 is 1.93 bits per heavy atom. The highest BCUT2D eigenvalue weighted by Crippen LogP contribution is 2.24. The molecule has 0 saturated carbocycles. The average Bonchev–Trinajstić information content (AvgIpc) is 3.04. The molecule has 0 unspecified atom stereocenters. The molecule has 6 nitrogen and oxygen atoms in total. The Bertz CT molecular complexity index is 789. The quantitative estimate of drug-likeness (QED) is 0.783. The van der Waals surface area contributed by atoms with Gasteiger partial charge < -0.3 is 14.7 Å². The molecule has 6 heteroatoms. The first-order valence-corrected chi connectivity index (χ1v) is 10.1. The van der Waals surface area contributed by atoms with E-state index in [2.05, 4.69) is 49.1 Å². The van der Waals surface area contributed by atoms with Crippen molar-refractivity contribution in [3.63, 3.8) is 0 Å². The van der Waals surface area contributed by atoms with Gasteiger partial charge in [0.05, 0.1) is 11.3 Å². The number of hydrogen-bond donors (Lipinski definition) is 0. The van der Waals surface area contributed by atoms with Crippen LogP contribution in [0.15, 0.2) is 18.3 Å². The van der Waals surface area contributed by atoms with E-state index in [-0.39, 0.29) is 5.91 Å².